The predicted molar refractivity (Wildman–Crippen MR) is 220 cm³/mol. The number of aliphatic hydroxyl groups excluding tert-OH is 2. The minimum absolute atomic E-state index is 0.0214. The Morgan fingerprint density at radius 1 is 1.11 bits per heavy atom. The average molecular weight is 878 g/mol. The number of carbonyl (C=O) groups excluding carboxylic acids is 2. The van der Waals surface area contributed by atoms with Crippen molar-refractivity contribution in [3.8, 4) is 0 Å². The van der Waals surface area contributed by atoms with Crippen LogP contribution in [0.25, 0.3) is 27.2 Å². The number of aromatic nitrogens is 8. The molecule has 3 aliphatic rings. The SMILES string of the molecule is [C-]#[N+]CCOP(=S)(OC[C@H]1O[C@@H](n2cnc3c(=O)[nH]c(NC(=O)C(C)C)nc32)[C@H](O)[C@@H]1OC)O[C@H]1[C@@H](C)[C@H](n2cnc3c(NC(=O)c4ccccc4)ncnc32)[C@H]2C[C@]21CO. The van der Waals surface area contributed by atoms with E-state index in [1.165, 1.54) is 24.3 Å². The van der Waals surface area contributed by atoms with Gasteiger partial charge >= 0.3 is 6.72 Å². The number of imidazole rings is 2. The number of ether oxygens (including phenoxy) is 2. The summed E-state index contributed by atoms with van der Waals surface area (Å²) in [6.07, 6.45) is -0.185. The van der Waals surface area contributed by atoms with E-state index in [1.54, 1.807) is 44.4 Å². The topological polar surface area (TPSA) is 256 Å². The first-order chi connectivity index (χ1) is 29.3. The average Bonchev–Trinajstić information content (AvgIpc) is 3.51. The first kappa shape index (κ1) is 42.6. The number of methoxy groups -OCH3 is 1. The van der Waals surface area contributed by atoms with Crippen molar-refractivity contribution in [3.63, 3.8) is 0 Å². The van der Waals surface area contributed by atoms with Crippen LogP contribution in [0.4, 0.5) is 11.8 Å². The van der Waals surface area contributed by atoms with Crippen LogP contribution in [-0.2, 0) is 39.6 Å². The number of aromatic amines is 1. The zero-order chi connectivity index (χ0) is 43.2. The Balaban J connectivity index is 1.02. The summed E-state index contributed by atoms with van der Waals surface area (Å²) in [4.78, 5) is 66.1. The highest BCUT2D eigenvalue weighted by atomic mass is 32.5. The van der Waals surface area contributed by atoms with E-state index in [0.29, 0.717) is 23.1 Å². The molecule has 4 aromatic heterocycles. The van der Waals surface area contributed by atoms with Gasteiger partial charge in [0, 0.05) is 36.0 Å². The maximum Gasteiger partial charge on any atom is 0.327 e. The van der Waals surface area contributed by atoms with Gasteiger partial charge in [-0.2, -0.15) is 4.98 Å². The number of benzene rings is 1. The quantitative estimate of drug-likeness (QED) is 0.0543. The van der Waals surface area contributed by atoms with Crippen LogP contribution in [0.2, 0.25) is 0 Å². The van der Waals surface area contributed by atoms with Gasteiger partial charge in [0.15, 0.2) is 34.4 Å². The largest absolute Gasteiger partial charge is 0.396 e. The second-order valence-electron chi connectivity index (χ2n) is 15.5. The Morgan fingerprint density at radius 2 is 1.87 bits per heavy atom. The molecule has 0 bridgehead atoms. The molecule has 1 saturated heterocycles. The molecule has 0 radical (unpaired) electrons. The van der Waals surface area contributed by atoms with Crippen LogP contribution in [0.15, 0.2) is 54.1 Å². The summed E-state index contributed by atoms with van der Waals surface area (Å²) in [5.74, 6) is -1.32. The summed E-state index contributed by atoms with van der Waals surface area (Å²) in [5, 5.41) is 27.8. The second kappa shape index (κ2) is 17.0. The maximum absolute atomic E-state index is 13.0. The van der Waals surface area contributed by atoms with Gasteiger partial charge in [-0.15, -0.1) is 0 Å². The second-order valence-corrected chi connectivity index (χ2v) is 18.5. The monoisotopic (exact) mass is 877 g/mol. The number of hydrogen-bond donors (Lipinski definition) is 5. The van der Waals surface area contributed by atoms with Gasteiger partial charge in [-0.05, 0) is 36.3 Å². The van der Waals surface area contributed by atoms with Crippen LogP contribution in [0.1, 0.15) is 49.8 Å². The number of nitrogens with one attached hydrogen (secondary N) is 3. The predicted octanol–water partition coefficient (Wildman–Crippen LogP) is 2.83. The Hall–Kier alpha value is -5.08. The molecule has 1 aromatic carbocycles. The van der Waals surface area contributed by atoms with Crippen molar-refractivity contribution in [3.05, 3.63) is 76.6 Å². The normalized spacial score (nSPS) is 27.8. The summed E-state index contributed by atoms with van der Waals surface area (Å²) >= 11 is 6.00. The van der Waals surface area contributed by atoms with Gasteiger partial charge < -0.3 is 48.0 Å². The number of aliphatic hydroxyl groups is 2. The van der Waals surface area contributed by atoms with Gasteiger partial charge in [-0.1, -0.05) is 39.0 Å². The first-order valence-electron chi connectivity index (χ1n) is 19.5. The van der Waals surface area contributed by atoms with E-state index in [2.05, 4.69) is 45.4 Å². The Bertz CT molecular complexity index is 2600. The number of fused-ring (bicyclic) bond motifs is 3. The van der Waals surface area contributed by atoms with Gasteiger partial charge in [0.25, 0.3) is 11.5 Å². The number of H-pyrrole nitrogens is 1. The molecule has 1 unspecified atom stereocenters. The molecule has 0 spiro atoms. The molecular weight excluding hydrogens is 834 g/mol. The number of nitrogens with zero attached hydrogens (tertiary/aromatic N) is 8. The molecule has 5 aromatic rings. The summed E-state index contributed by atoms with van der Waals surface area (Å²) in [6, 6.07) is 8.48. The van der Waals surface area contributed by atoms with E-state index in [4.69, 9.17) is 41.4 Å². The highest BCUT2D eigenvalue weighted by Crippen LogP contribution is 2.73. The number of amides is 2. The van der Waals surface area contributed by atoms with Crippen molar-refractivity contribution < 1.29 is 42.8 Å². The first-order valence-corrected chi connectivity index (χ1v) is 22.1. The fourth-order valence-corrected chi connectivity index (χ4v) is 10.7. The van der Waals surface area contributed by atoms with Crippen LogP contribution < -0.4 is 16.2 Å². The lowest BCUT2D eigenvalue weighted by Gasteiger charge is -2.33. The van der Waals surface area contributed by atoms with Gasteiger partial charge in [0.05, 0.1) is 32.0 Å². The van der Waals surface area contributed by atoms with Crippen LogP contribution in [0, 0.1) is 29.7 Å². The summed E-state index contributed by atoms with van der Waals surface area (Å²) in [5.41, 5.74) is 0.00978. The molecule has 61 heavy (non-hydrogen) atoms. The van der Waals surface area contributed by atoms with Crippen molar-refractivity contribution in [1.29, 1.82) is 0 Å². The molecule has 322 valence electrons. The summed E-state index contributed by atoms with van der Waals surface area (Å²) in [6.45, 7) is 8.34. The Morgan fingerprint density at radius 3 is 2.59 bits per heavy atom. The maximum atomic E-state index is 13.0. The summed E-state index contributed by atoms with van der Waals surface area (Å²) < 4.78 is 34.3. The smallest absolute Gasteiger partial charge is 0.327 e. The highest BCUT2D eigenvalue weighted by Gasteiger charge is 2.72. The van der Waals surface area contributed by atoms with Gasteiger partial charge in [-0.3, -0.25) is 29.3 Å². The summed E-state index contributed by atoms with van der Waals surface area (Å²) in [7, 11) is 1.39. The standard InChI is InChI=1S/C38H44N11O10PS/c1-19(2)33(52)46-37-45-32-25(35(54)47-37)43-18-49(32)36-27(51)28(55-5)23(58-36)14-57-60(61,56-12-11-39-4)59-29-20(3)26(22-13-38(22,29)15-50)48-17-42-24-30(40-16-41-31(24)48)44-34(53)21-9-7-6-8-10-21/h6-10,16-20,22-23,26-29,36,50-51H,11-15H2,1-3,5H3,(H,40,41,44,53)(H2,45,46,47,52,54)/t20-,22+,23+,26-,27+,28+,29-,36+,38-,60?/m0/s1. The number of anilines is 2. The lowest BCUT2D eigenvalue weighted by molar-refractivity contribution is -0.118. The lowest BCUT2D eigenvalue weighted by Crippen LogP contribution is -2.36. The van der Waals surface area contributed by atoms with Gasteiger partial charge in [-0.25, -0.2) is 26.5 Å². The van der Waals surface area contributed by atoms with Crippen LogP contribution in [0.5, 0.6) is 0 Å². The Kier molecular flexibility index (Phi) is 11.9. The number of rotatable bonds is 16. The zero-order valence-corrected chi connectivity index (χ0v) is 35.2. The molecular formula is C38H44N11O10PS. The van der Waals surface area contributed by atoms with Crippen molar-refractivity contribution in [2.45, 2.75) is 63.9 Å². The van der Waals surface area contributed by atoms with Crippen molar-refractivity contribution in [1.82, 2.24) is 39.0 Å². The van der Waals surface area contributed by atoms with Gasteiger partial charge in [0.2, 0.25) is 18.4 Å². The van der Waals surface area contributed by atoms with E-state index in [1.807, 2.05) is 17.6 Å². The molecule has 3 fully saturated rings. The van der Waals surface area contributed by atoms with Crippen LogP contribution >= 0.6 is 6.72 Å². The van der Waals surface area contributed by atoms with Crippen LogP contribution in [0.3, 0.4) is 0 Å². The van der Waals surface area contributed by atoms with E-state index < -0.39 is 48.3 Å². The van der Waals surface area contributed by atoms with Crippen molar-refractivity contribution in [2.24, 2.45) is 23.2 Å². The van der Waals surface area contributed by atoms with E-state index >= 15 is 0 Å². The number of hydrogen-bond acceptors (Lipinski definition) is 16. The number of carbonyl (C=O) groups is 2. The molecule has 21 nitrogen and oxygen atoms in total. The molecule has 8 rings (SSSR count). The molecule has 2 saturated carbocycles. The van der Waals surface area contributed by atoms with E-state index in [-0.39, 0.29) is 84.9 Å². The molecule has 2 amide bonds. The van der Waals surface area contributed by atoms with Crippen molar-refractivity contribution >= 4 is 64.4 Å². The molecule has 10 atom stereocenters. The highest BCUT2D eigenvalue weighted by molar-refractivity contribution is 8.07. The zero-order valence-electron chi connectivity index (χ0n) is 33.4. The minimum Gasteiger partial charge on any atom is -0.396 e. The molecule has 5 N–H and O–H groups in total. The third-order valence-electron chi connectivity index (χ3n) is 11.6. The fraction of sp³-hybridized carbons (Fsp3) is 0.500. The van der Waals surface area contributed by atoms with E-state index in [0.717, 1.165) is 0 Å². The van der Waals surface area contributed by atoms with Gasteiger partial charge in [0.1, 0.15) is 31.2 Å². The van der Waals surface area contributed by atoms with E-state index in [9.17, 15) is 24.6 Å². The molecule has 23 heteroatoms. The molecule has 1 aliphatic heterocycles. The van der Waals surface area contributed by atoms with Crippen LogP contribution in [-0.4, -0.2) is 119 Å². The third kappa shape index (κ3) is 7.86. The third-order valence-corrected chi connectivity index (χ3v) is 13.9. The molecule has 5 heterocycles. The Labute approximate surface area is 353 Å². The van der Waals surface area contributed by atoms with Crippen molar-refractivity contribution in [2.75, 3.05) is 44.1 Å². The molecule has 2 aliphatic carbocycles. The lowest BCUT2D eigenvalue weighted by atomic mass is 9.94. The fourth-order valence-electron chi connectivity index (χ4n) is 8.47. The minimum atomic E-state index is -3.72.